The third kappa shape index (κ3) is 14.8. The van der Waals surface area contributed by atoms with Gasteiger partial charge in [-0.3, -0.25) is 0 Å². The Morgan fingerprint density at radius 1 is 0.188 bits per heavy atom. The van der Waals surface area contributed by atoms with Gasteiger partial charge in [-0.25, -0.2) is 0 Å². The number of epoxide rings is 10. The summed E-state index contributed by atoms with van der Waals surface area (Å²) in [6, 6.07) is 21.0. The minimum atomic E-state index is -0.00991. The first-order valence-corrected chi connectivity index (χ1v) is 30.1. The van der Waals surface area contributed by atoms with Gasteiger partial charge in [0, 0.05) is 87.7 Å². The zero-order valence-electron chi connectivity index (χ0n) is 47.4. The van der Waals surface area contributed by atoms with Crippen LogP contribution in [-0.2, 0) is 79.5 Å². The lowest BCUT2D eigenvalue weighted by atomic mass is 9.94. The average molecular weight is 1170 g/mol. The molecular weight excluding hydrogens is 1100 g/mol. The molecule has 10 heterocycles. The van der Waals surface area contributed by atoms with E-state index in [0.29, 0.717) is 222 Å². The largest absolute Gasteiger partial charge is 0.490 e. The number of hydrogen-bond acceptors (Lipinski definition) is 20. The molecule has 0 aromatic heterocycles. The van der Waals surface area contributed by atoms with Crippen molar-refractivity contribution in [2.75, 3.05) is 132 Å². The van der Waals surface area contributed by atoms with Crippen LogP contribution in [0.1, 0.15) is 55.6 Å². The molecule has 0 saturated carbocycles. The highest BCUT2D eigenvalue weighted by atomic mass is 16.6. The summed E-state index contributed by atoms with van der Waals surface area (Å²) in [5.41, 5.74) is 8.93. The van der Waals surface area contributed by atoms with Crippen LogP contribution in [0.5, 0.6) is 57.5 Å². The first-order chi connectivity index (χ1) is 41.9. The van der Waals surface area contributed by atoms with Crippen LogP contribution in [0.3, 0.4) is 0 Å². The topological polar surface area (TPSA) is 218 Å². The summed E-state index contributed by atoms with van der Waals surface area (Å²) in [5, 5.41) is 0. The van der Waals surface area contributed by atoms with E-state index in [2.05, 4.69) is 60.7 Å². The van der Waals surface area contributed by atoms with Crippen LogP contribution in [0.4, 0.5) is 0 Å². The Balaban J connectivity index is 0.885. The molecule has 25 rings (SSSR count). The molecule has 20 nitrogen and oxygen atoms in total. The summed E-state index contributed by atoms with van der Waals surface area (Å²) in [7, 11) is 0. The summed E-state index contributed by atoms with van der Waals surface area (Å²) >= 11 is 0. The van der Waals surface area contributed by atoms with Gasteiger partial charge in [0.1, 0.15) is 185 Å². The highest BCUT2D eigenvalue weighted by Crippen LogP contribution is 2.44. The predicted octanol–water partition coefficient (Wildman–Crippen LogP) is 5.73. The van der Waals surface area contributed by atoms with Gasteiger partial charge in [0.15, 0.2) is 0 Å². The molecule has 0 radical (unpaired) electrons. The van der Waals surface area contributed by atoms with Crippen molar-refractivity contribution in [3.05, 3.63) is 116 Å². The normalized spacial score (nSPS) is 27.3. The Hall–Kier alpha value is -6.30. The van der Waals surface area contributed by atoms with Crippen molar-refractivity contribution in [2.45, 2.75) is 93.1 Å². The second kappa shape index (κ2) is 23.8. The molecule has 0 spiro atoms. The molecule has 0 amide bonds. The maximum Gasteiger partial charge on any atom is 0.123 e. The van der Waals surface area contributed by atoms with Gasteiger partial charge in [0.05, 0.1) is 66.1 Å². The van der Waals surface area contributed by atoms with Gasteiger partial charge in [-0.15, -0.1) is 0 Å². The lowest BCUT2D eigenvalue weighted by Crippen LogP contribution is -2.13. The molecule has 0 N–H and O–H groups in total. The molecule has 10 saturated heterocycles. The number of ether oxygens (including phenoxy) is 20. The standard InChI is InChI=1S/C65H70O20/c1-36-6-58(78-28-48-18-68-48)38(8-56(36)76-26-46-16-66-46)2-40-10-62(82-32-52-22-72-52)42(12-60(40)80-30-50-20-70-50)4-44-14-65(85-35-55-25-75-55)45(15-64(44)84-34-54-24-74-54)5-43-13-61(81-31-51-21-71-51)41(11-63(43)83-33-53-23-73-53)3-39-9-57(77-27-47-17-67-47)37(1)7-59(39)79-29-49-19-69-49/h6-15,46-55H,1-5,16-35H2. The summed E-state index contributed by atoms with van der Waals surface area (Å²) in [5.74, 6) is 6.92. The summed E-state index contributed by atoms with van der Waals surface area (Å²) < 4.78 is 125. The van der Waals surface area contributed by atoms with E-state index in [-0.39, 0.29) is 61.0 Å². The molecule has 10 atom stereocenters. The van der Waals surface area contributed by atoms with Gasteiger partial charge in [0.2, 0.25) is 0 Å². The summed E-state index contributed by atoms with van der Waals surface area (Å²) in [6.45, 7) is 10.1. The zero-order valence-corrected chi connectivity index (χ0v) is 47.4. The molecule has 450 valence electrons. The molecule has 20 heteroatoms. The van der Waals surface area contributed by atoms with E-state index in [1.807, 2.05) is 0 Å². The predicted molar refractivity (Wildman–Crippen MR) is 299 cm³/mol. The third-order valence-electron chi connectivity index (χ3n) is 16.4. The number of benzene rings is 5. The van der Waals surface area contributed by atoms with Crippen molar-refractivity contribution in [3.8, 4) is 57.5 Å². The summed E-state index contributed by atoms with van der Waals surface area (Å²) in [4.78, 5) is 0. The van der Waals surface area contributed by atoms with Crippen LogP contribution in [0.25, 0.3) is 0 Å². The Morgan fingerprint density at radius 2 is 0.282 bits per heavy atom. The molecule has 85 heavy (non-hydrogen) atoms. The monoisotopic (exact) mass is 1170 g/mol. The quantitative estimate of drug-likeness (QED) is 0.0492. The van der Waals surface area contributed by atoms with Crippen LogP contribution in [0.2, 0.25) is 0 Å². The highest BCUT2D eigenvalue weighted by molar-refractivity contribution is 5.60. The van der Waals surface area contributed by atoms with E-state index in [1.165, 1.54) is 0 Å². The molecular formula is C65H70O20. The second-order valence-corrected chi connectivity index (χ2v) is 23.9. The second-order valence-electron chi connectivity index (χ2n) is 23.9. The van der Waals surface area contributed by atoms with Crippen molar-refractivity contribution in [1.82, 2.24) is 0 Å². The number of rotatable bonds is 30. The van der Waals surface area contributed by atoms with Crippen molar-refractivity contribution in [3.63, 3.8) is 0 Å². The molecule has 10 aliphatic carbocycles. The minimum Gasteiger partial charge on any atom is -0.490 e. The third-order valence-corrected chi connectivity index (χ3v) is 16.4. The van der Waals surface area contributed by atoms with E-state index < -0.39 is 0 Å². The van der Waals surface area contributed by atoms with Gasteiger partial charge in [0.25, 0.3) is 0 Å². The van der Waals surface area contributed by atoms with Gasteiger partial charge >= 0.3 is 0 Å². The van der Waals surface area contributed by atoms with Crippen molar-refractivity contribution in [1.29, 1.82) is 0 Å². The molecule has 10 fully saturated rings. The SMILES string of the molecule is c1c2c(OCC3CO3)cc(c1OCC1CO1)Cc1cc(OCC3CO3)c(cc1OCC1CO1)Cc1cc(OCC3CO3)c(cc1OCC1CO1)Cc1cc(OCC3CO3)c(cc1OCC1CO1)Cc1cc(OCC3CO3)c(cc1OCC1CO1)C2. The maximum atomic E-state index is 6.81. The van der Waals surface area contributed by atoms with E-state index in [1.54, 1.807) is 0 Å². The van der Waals surface area contributed by atoms with Crippen molar-refractivity contribution >= 4 is 0 Å². The smallest absolute Gasteiger partial charge is 0.123 e. The van der Waals surface area contributed by atoms with Gasteiger partial charge in [-0.1, -0.05) is 0 Å². The van der Waals surface area contributed by atoms with Crippen LogP contribution in [0, 0.1) is 0 Å². The zero-order chi connectivity index (χ0) is 56.2. The molecule has 10 aliphatic heterocycles. The van der Waals surface area contributed by atoms with E-state index in [4.69, 9.17) is 94.7 Å². The lowest BCUT2D eigenvalue weighted by molar-refractivity contribution is 0.251. The molecule has 5 aromatic carbocycles. The summed E-state index contributed by atoms with van der Waals surface area (Å²) in [6.07, 6.45) is 1.94. The number of hydrogen-bond donors (Lipinski definition) is 0. The van der Waals surface area contributed by atoms with E-state index in [9.17, 15) is 0 Å². The van der Waals surface area contributed by atoms with Gasteiger partial charge in [-0.05, 0) is 60.7 Å². The lowest BCUT2D eigenvalue weighted by Gasteiger charge is -2.22. The van der Waals surface area contributed by atoms with E-state index >= 15 is 0 Å². The fraction of sp³-hybridized carbons (Fsp3) is 0.538. The molecule has 5 aromatic rings. The van der Waals surface area contributed by atoms with Gasteiger partial charge < -0.3 is 94.7 Å². The van der Waals surface area contributed by atoms with Crippen LogP contribution in [0.15, 0.2) is 60.7 Å². The van der Waals surface area contributed by atoms with E-state index in [0.717, 1.165) is 55.6 Å². The van der Waals surface area contributed by atoms with Crippen molar-refractivity contribution < 1.29 is 94.7 Å². The fourth-order valence-corrected chi connectivity index (χ4v) is 10.4. The average Bonchev–Trinajstić information content (AvgIpc) is 3.84. The molecule has 20 aliphatic rings. The van der Waals surface area contributed by atoms with Crippen LogP contribution < -0.4 is 47.4 Å². The fourth-order valence-electron chi connectivity index (χ4n) is 10.4. The Kier molecular flexibility index (Phi) is 15.1. The van der Waals surface area contributed by atoms with Crippen LogP contribution in [-0.4, -0.2) is 193 Å². The highest BCUT2D eigenvalue weighted by Gasteiger charge is 2.34. The van der Waals surface area contributed by atoms with Gasteiger partial charge in [-0.2, -0.15) is 0 Å². The first kappa shape index (κ1) is 54.1. The first-order valence-electron chi connectivity index (χ1n) is 30.1. The van der Waals surface area contributed by atoms with Crippen LogP contribution >= 0.6 is 0 Å². The molecule has 10 bridgehead atoms. The van der Waals surface area contributed by atoms with Crippen molar-refractivity contribution in [2.24, 2.45) is 0 Å². The Bertz CT molecular complexity index is 2530. The minimum absolute atomic E-state index is 0.00991. The Morgan fingerprint density at radius 3 is 0.365 bits per heavy atom. The maximum absolute atomic E-state index is 6.81. The Labute approximate surface area is 492 Å². The molecule has 10 unspecified atom stereocenters.